The summed E-state index contributed by atoms with van der Waals surface area (Å²) in [5.41, 5.74) is 2.18. The number of rotatable bonds is 8. The first-order chi connectivity index (χ1) is 15.0. The largest absolute Gasteiger partial charge is 0.497 e. The van der Waals surface area contributed by atoms with Gasteiger partial charge in [0.2, 0.25) is 10.0 Å². The van der Waals surface area contributed by atoms with E-state index in [4.69, 9.17) is 9.15 Å². The maximum Gasteiger partial charge on any atom is 0.243 e. The summed E-state index contributed by atoms with van der Waals surface area (Å²) in [7, 11) is -2.40. The predicted octanol–water partition coefficient (Wildman–Crippen LogP) is 4.17. The first-order valence-electron chi connectivity index (χ1n) is 10.3. The van der Waals surface area contributed by atoms with E-state index in [0.717, 1.165) is 24.8 Å². The molecule has 1 aliphatic carbocycles. The number of methoxy groups -OCH3 is 1. The fraction of sp³-hybridized carbons (Fsp3) is 0.292. The van der Waals surface area contributed by atoms with Crippen molar-refractivity contribution in [2.45, 2.75) is 36.6 Å². The SMILES string of the molecule is COc1ccc(S(=O)(=O)N(CC(=O)C2CCCc3ccccc32)Cc2ccco2)cc1. The van der Waals surface area contributed by atoms with Crippen LogP contribution in [0.4, 0.5) is 0 Å². The molecule has 0 radical (unpaired) electrons. The average Bonchev–Trinajstić information content (AvgIpc) is 3.31. The second-order valence-corrected chi connectivity index (χ2v) is 9.58. The molecule has 1 atom stereocenters. The Balaban J connectivity index is 1.63. The van der Waals surface area contributed by atoms with Gasteiger partial charge in [-0.25, -0.2) is 8.42 Å². The van der Waals surface area contributed by atoms with Crippen LogP contribution in [0.2, 0.25) is 0 Å². The van der Waals surface area contributed by atoms with Crippen molar-refractivity contribution in [3.63, 3.8) is 0 Å². The van der Waals surface area contributed by atoms with E-state index in [0.29, 0.717) is 11.5 Å². The number of nitrogens with zero attached hydrogens (tertiary/aromatic N) is 1. The van der Waals surface area contributed by atoms with E-state index < -0.39 is 10.0 Å². The number of sulfonamides is 1. The topological polar surface area (TPSA) is 76.8 Å². The van der Waals surface area contributed by atoms with E-state index >= 15 is 0 Å². The second-order valence-electron chi connectivity index (χ2n) is 7.64. The Labute approximate surface area is 182 Å². The van der Waals surface area contributed by atoms with Crippen LogP contribution in [0.25, 0.3) is 0 Å². The van der Waals surface area contributed by atoms with Crippen molar-refractivity contribution in [3.05, 3.63) is 83.8 Å². The van der Waals surface area contributed by atoms with Gasteiger partial charge in [-0.1, -0.05) is 24.3 Å². The second kappa shape index (κ2) is 9.08. The van der Waals surface area contributed by atoms with Crippen molar-refractivity contribution in [1.29, 1.82) is 0 Å². The number of benzene rings is 2. The van der Waals surface area contributed by atoms with Gasteiger partial charge in [0.15, 0.2) is 5.78 Å². The molecule has 7 heteroatoms. The Kier molecular flexibility index (Phi) is 6.25. The lowest BCUT2D eigenvalue weighted by Gasteiger charge is -2.27. The number of fused-ring (bicyclic) bond motifs is 1. The molecule has 0 bridgehead atoms. The third-order valence-electron chi connectivity index (χ3n) is 5.70. The Hall–Kier alpha value is -2.90. The van der Waals surface area contributed by atoms with Gasteiger partial charge < -0.3 is 9.15 Å². The van der Waals surface area contributed by atoms with E-state index in [1.807, 2.05) is 24.3 Å². The van der Waals surface area contributed by atoms with E-state index in [-0.39, 0.29) is 29.7 Å². The molecule has 2 aromatic carbocycles. The fourth-order valence-corrected chi connectivity index (χ4v) is 5.44. The van der Waals surface area contributed by atoms with E-state index in [2.05, 4.69) is 0 Å². The van der Waals surface area contributed by atoms with Gasteiger partial charge in [0.1, 0.15) is 11.5 Å². The average molecular weight is 440 g/mol. The molecule has 0 N–H and O–H groups in total. The first-order valence-corrected chi connectivity index (χ1v) is 11.7. The van der Waals surface area contributed by atoms with Crippen LogP contribution < -0.4 is 4.74 Å². The van der Waals surface area contributed by atoms with Gasteiger partial charge in [0.05, 0.1) is 31.4 Å². The molecule has 1 unspecified atom stereocenters. The number of carbonyl (C=O) groups excluding carboxylic acids is 1. The quantitative estimate of drug-likeness (QED) is 0.527. The summed E-state index contributed by atoms with van der Waals surface area (Å²) in [6, 6.07) is 17.5. The summed E-state index contributed by atoms with van der Waals surface area (Å²) >= 11 is 0. The van der Waals surface area contributed by atoms with Crippen LogP contribution in [0, 0.1) is 0 Å². The van der Waals surface area contributed by atoms with Crippen LogP contribution >= 0.6 is 0 Å². The zero-order chi connectivity index (χ0) is 21.8. The Morgan fingerprint density at radius 3 is 2.58 bits per heavy atom. The maximum absolute atomic E-state index is 13.4. The van der Waals surface area contributed by atoms with Crippen molar-refractivity contribution in [2.75, 3.05) is 13.7 Å². The summed E-state index contributed by atoms with van der Waals surface area (Å²) in [5.74, 6) is 0.645. The van der Waals surface area contributed by atoms with Gasteiger partial charge in [0, 0.05) is 5.92 Å². The molecular weight excluding hydrogens is 414 g/mol. The number of carbonyl (C=O) groups is 1. The van der Waals surface area contributed by atoms with Crippen molar-refractivity contribution in [1.82, 2.24) is 4.31 Å². The minimum atomic E-state index is -3.92. The van der Waals surface area contributed by atoms with Gasteiger partial charge in [-0.05, 0) is 66.8 Å². The molecule has 0 fully saturated rings. The van der Waals surface area contributed by atoms with E-state index in [1.54, 1.807) is 24.3 Å². The zero-order valence-electron chi connectivity index (χ0n) is 17.4. The number of aryl methyl sites for hydroxylation is 1. The summed E-state index contributed by atoms with van der Waals surface area (Å²) < 4.78 is 38.5. The molecule has 1 aliphatic rings. The highest BCUT2D eigenvalue weighted by molar-refractivity contribution is 7.89. The van der Waals surface area contributed by atoms with Crippen LogP contribution in [-0.2, 0) is 27.8 Å². The lowest BCUT2D eigenvalue weighted by Crippen LogP contribution is -2.37. The van der Waals surface area contributed by atoms with E-state index in [1.165, 1.54) is 35.4 Å². The van der Waals surface area contributed by atoms with Gasteiger partial charge in [-0.15, -0.1) is 0 Å². The lowest BCUT2D eigenvalue weighted by atomic mass is 9.80. The van der Waals surface area contributed by atoms with E-state index in [9.17, 15) is 13.2 Å². The number of furan rings is 1. The Morgan fingerprint density at radius 1 is 1.10 bits per heavy atom. The lowest BCUT2D eigenvalue weighted by molar-refractivity contribution is -0.121. The van der Waals surface area contributed by atoms with Crippen LogP contribution in [0.5, 0.6) is 5.75 Å². The van der Waals surface area contributed by atoms with Crippen LogP contribution in [0.15, 0.2) is 76.2 Å². The molecule has 0 saturated carbocycles. The highest BCUT2D eigenvalue weighted by Gasteiger charge is 2.32. The predicted molar refractivity (Wildman–Crippen MR) is 116 cm³/mol. The first kappa shape index (κ1) is 21.3. The molecule has 31 heavy (non-hydrogen) atoms. The molecule has 1 aromatic heterocycles. The molecular formula is C24H25NO5S. The molecule has 4 rings (SSSR count). The van der Waals surface area contributed by atoms with Crippen molar-refractivity contribution in [3.8, 4) is 5.75 Å². The highest BCUT2D eigenvalue weighted by Crippen LogP contribution is 2.33. The van der Waals surface area contributed by atoms with Crippen LogP contribution in [0.3, 0.4) is 0 Å². The molecule has 1 heterocycles. The minimum Gasteiger partial charge on any atom is -0.497 e. The third-order valence-corrected chi connectivity index (χ3v) is 7.51. The Bertz CT molecular complexity index is 1140. The number of hydrogen-bond donors (Lipinski definition) is 0. The van der Waals surface area contributed by atoms with Gasteiger partial charge >= 0.3 is 0 Å². The summed E-state index contributed by atoms with van der Waals surface area (Å²) in [6.07, 6.45) is 4.08. The highest BCUT2D eigenvalue weighted by atomic mass is 32.2. The number of ketones is 1. The third kappa shape index (κ3) is 4.57. The number of ether oxygens (including phenoxy) is 1. The summed E-state index contributed by atoms with van der Waals surface area (Å²) in [6.45, 7) is -0.227. The standard InChI is InChI=1S/C24H25NO5S/c1-29-19-11-13-21(14-12-19)31(27,28)25(16-20-8-5-15-30-20)17-24(26)23-10-4-7-18-6-2-3-9-22(18)23/h2-3,5-6,8-9,11-15,23H,4,7,10,16-17H2,1H3. The van der Waals surface area contributed by atoms with Crippen LogP contribution in [-0.4, -0.2) is 32.2 Å². The van der Waals surface area contributed by atoms with Crippen molar-refractivity contribution < 1.29 is 22.4 Å². The summed E-state index contributed by atoms with van der Waals surface area (Å²) in [5, 5.41) is 0. The van der Waals surface area contributed by atoms with Crippen LogP contribution in [0.1, 0.15) is 35.6 Å². The summed E-state index contributed by atoms with van der Waals surface area (Å²) in [4.78, 5) is 13.4. The van der Waals surface area contributed by atoms with Gasteiger partial charge in [-0.3, -0.25) is 4.79 Å². The normalized spacial score (nSPS) is 16.1. The Morgan fingerprint density at radius 2 is 1.87 bits per heavy atom. The monoisotopic (exact) mass is 439 g/mol. The molecule has 0 saturated heterocycles. The smallest absolute Gasteiger partial charge is 0.243 e. The molecule has 162 valence electrons. The minimum absolute atomic E-state index is 0.0124. The fourth-order valence-electron chi connectivity index (χ4n) is 4.07. The number of Topliss-reactive ketones (excluding diaryl/α,β-unsaturated/α-hetero) is 1. The zero-order valence-corrected chi connectivity index (χ0v) is 18.2. The molecule has 3 aromatic rings. The maximum atomic E-state index is 13.4. The number of hydrogen-bond acceptors (Lipinski definition) is 5. The molecule has 0 amide bonds. The molecule has 0 spiro atoms. The van der Waals surface area contributed by atoms with Gasteiger partial charge in [-0.2, -0.15) is 4.31 Å². The van der Waals surface area contributed by atoms with Crippen molar-refractivity contribution >= 4 is 15.8 Å². The molecule has 6 nitrogen and oxygen atoms in total. The van der Waals surface area contributed by atoms with Crippen molar-refractivity contribution in [2.24, 2.45) is 0 Å². The molecule has 0 aliphatic heterocycles. The van der Waals surface area contributed by atoms with Gasteiger partial charge in [0.25, 0.3) is 0 Å².